The van der Waals surface area contributed by atoms with Crippen molar-refractivity contribution in [2.45, 2.75) is 32.2 Å². The van der Waals surface area contributed by atoms with Crippen LogP contribution >= 0.6 is 19.2 Å². The molecule has 4 aliphatic rings. The fraction of sp³-hybridized carbons (Fsp3) is 0.321. The van der Waals surface area contributed by atoms with Crippen LogP contribution in [0.3, 0.4) is 0 Å². The Morgan fingerprint density at radius 1 is 1.17 bits per heavy atom. The standard InChI is InChI=1S/C28H29ClF3N8O5P/c1-4-44-46(42)15-16-6-7-21(24(43-3)22(16)29)38-27-34-13-18(28(30,31)32)25(39-27)37-20-9-8-19(36-23(20)26(41)33-2)17-12-35-40(14-17)10-5-11-45-46/h6-9,12-14H,4-5,10-11,15H2,1-3H3,(H,33,41)(H2,34,37,38,39)/t46-/m1/s1. The van der Waals surface area contributed by atoms with Crippen molar-refractivity contribution in [1.29, 1.82) is 0 Å². The van der Waals surface area contributed by atoms with Crippen LogP contribution in [0.25, 0.3) is 11.3 Å². The van der Waals surface area contributed by atoms with Gasteiger partial charge in [0, 0.05) is 31.5 Å². The molecule has 1 atom stereocenters. The number of hydrogen-bond donors (Lipinski definition) is 3. The maximum atomic E-state index is 14.1. The molecule has 0 aliphatic carbocycles. The maximum Gasteiger partial charge on any atom is 0.421 e. The average molecular weight is 681 g/mol. The number of ether oxygens (including phenoxy) is 1. The molecule has 0 unspecified atom stereocenters. The van der Waals surface area contributed by atoms with Gasteiger partial charge in [-0.3, -0.25) is 14.0 Å². The molecule has 0 fully saturated rings. The minimum atomic E-state index is -4.85. The van der Waals surface area contributed by atoms with E-state index in [9.17, 15) is 22.5 Å². The van der Waals surface area contributed by atoms with E-state index in [1.165, 1.54) is 38.6 Å². The second kappa shape index (κ2) is 13.6. The van der Waals surface area contributed by atoms with Crippen LogP contribution in [0.2, 0.25) is 5.02 Å². The number of methoxy groups -OCH3 is 1. The van der Waals surface area contributed by atoms with Crippen LogP contribution in [0, 0.1) is 0 Å². The zero-order valence-corrected chi connectivity index (χ0v) is 26.5. The maximum absolute atomic E-state index is 14.1. The Labute approximate surface area is 266 Å². The van der Waals surface area contributed by atoms with Gasteiger partial charge in [-0.25, -0.2) is 9.97 Å². The summed E-state index contributed by atoms with van der Waals surface area (Å²) in [7, 11) is -0.944. The van der Waals surface area contributed by atoms with Gasteiger partial charge in [0.1, 0.15) is 11.4 Å². The number of hydrogen-bond acceptors (Lipinski definition) is 11. The zero-order chi connectivity index (χ0) is 33.1. The third-order valence-electron chi connectivity index (χ3n) is 6.75. The van der Waals surface area contributed by atoms with Crippen molar-refractivity contribution < 1.29 is 36.3 Å². The molecule has 13 nitrogen and oxygen atoms in total. The van der Waals surface area contributed by atoms with E-state index in [1.54, 1.807) is 23.9 Å². The van der Waals surface area contributed by atoms with Crippen LogP contribution in [0.4, 0.5) is 36.3 Å². The Kier molecular flexibility index (Phi) is 9.82. The van der Waals surface area contributed by atoms with E-state index < -0.39 is 31.1 Å². The van der Waals surface area contributed by atoms with Crippen LogP contribution in [-0.2, 0) is 32.5 Å². The number of anilines is 4. The second-order valence-electron chi connectivity index (χ2n) is 9.86. The molecule has 46 heavy (non-hydrogen) atoms. The summed E-state index contributed by atoms with van der Waals surface area (Å²) in [6.07, 6.45) is -0.758. The van der Waals surface area contributed by atoms with Crippen molar-refractivity contribution in [3.05, 3.63) is 64.7 Å². The van der Waals surface area contributed by atoms with E-state index in [4.69, 9.17) is 25.4 Å². The molecule has 0 radical (unpaired) electrons. The Morgan fingerprint density at radius 3 is 2.67 bits per heavy atom. The Balaban J connectivity index is 1.65. The van der Waals surface area contributed by atoms with Crippen molar-refractivity contribution in [2.75, 3.05) is 38.0 Å². The number of rotatable bonds is 4. The first-order valence-electron chi connectivity index (χ1n) is 13.9. The molecule has 3 aromatic heterocycles. The van der Waals surface area contributed by atoms with Gasteiger partial charge in [-0.2, -0.15) is 23.3 Å². The highest BCUT2D eigenvalue weighted by Gasteiger charge is 2.36. The van der Waals surface area contributed by atoms with Crippen molar-refractivity contribution in [3.8, 4) is 17.0 Å². The van der Waals surface area contributed by atoms with Gasteiger partial charge < -0.3 is 29.7 Å². The molecule has 0 saturated carbocycles. The summed E-state index contributed by atoms with van der Waals surface area (Å²) in [5.74, 6) is -1.45. The molecule has 1 aromatic carbocycles. The summed E-state index contributed by atoms with van der Waals surface area (Å²) in [5, 5.41) is 12.3. The van der Waals surface area contributed by atoms with Crippen LogP contribution in [0.1, 0.15) is 35.0 Å². The molecular weight excluding hydrogens is 652 g/mol. The number of aromatic nitrogens is 5. The van der Waals surface area contributed by atoms with Crippen LogP contribution in [0.15, 0.2) is 42.9 Å². The number of benzene rings is 1. The minimum Gasteiger partial charge on any atom is -0.493 e. The Morgan fingerprint density at radius 2 is 1.96 bits per heavy atom. The highest BCUT2D eigenvalue weighted by Crippen LogP contribution is 2.53. The SMILES string of the molecule is CCO[P@]1(=O)Cc2ccc(c(OC)c2Cl)Nc2ncc(C(F)(F)F)c(n2)Nc2ccc(nc2C(=O)NC)-c2cnn(c2)CCCO1. The summed E-state index contributed by atoms with van der Waals surface area (Å²) in [5.41, 5.74) is 0.110. The van der Waals surface area contributed by atoms with Crippen LogP contribution < -0.4 is 20.7 Å². The Bertz CT molecular complexity index is 1810. The zero-order valence-electron chi connectivity index (χ0n) is 24.8. The van der Waals surface area contributed by atoms with Gasteiger partial charge in [0.25, 0.3) is 5.91 Å². The molecule has 1 amide bonds. The van der Waals surface area contributed by atoms with Crippen molar-refractivity contribution in [1.82, 2.24) is 30.0 Å². The molecule has 18 heteroatoms. The molecule has 4 aliphatic heterocycles. The van der Waals surface area contributed by atoms with Crippen molar-refractivity contribution in [2.24, 2.45) is 0 Å². The molecule has 8 rings (SSSR count). The quantitative estimate of drug-likeness (QED) is 0.205. The number of amides is 1. The molecular formula is C28H29ClF3N8O5P. The lowest BCUT2D eigenvalue weighted by Gasteiger charge is -2.20. The molecule has 0 saturated heterocycles. The lowest BCUT2D eigenvalue weighted by Crippen LogP contribution is -2.21. The summed E-state index contributed by atoms with van der Waals surface area (Å²) >= 11 is 6.65. The van der Waals surface area contributed by atoms with E-state index in [2.05, 4.69) is 36.0 Å². The Hall–Kier alpha value is -4.24. The number of alkyl halides is 3. The monoisotopic (exact) mass is 680 g/mol. The predicted molar refractivity (Wildman–Crippen MR) is 164 cm³/mol. The normalized spacial score (nSPS) is 16.9. The van der Waals surface area contributed by atoms with Gasteiger partial charge in [0.05, 0.1) is 54.8 Å². The summed E-state index contributed by atoms with van der Waals surface area (Å²) in [4.78, 5) is 25.2. The second-order valence-corrected chi connectivity index (χ2v) is 12.3. The highest BCUT2D eigenvalue weighted by atomic mass is 35.5. The van der Waals surface area contributed by atoms with E-state index in [0.29, 0.717) is 36.0 Å². The molecule has 0 spiro atoms. The highest BCUT2D eigenvalue weighted by molar-refractivity contribution is 7.53. The van der Waals surface area contributed by atoms with Gasteiger partial charge in [-0.1, -0.05) is 17.7 Å². The summed E-state index contributed by atoms with van der Waals surface area (Å²) in [6, 6.07) is 6.04. The first-order chi connectivity index (χ1) is 21.9. The molecule has 3 N–H and O–H groups in total. The number of carbonyl (C=O) groups is 1. The molecule has 244 valence electrons. The van der Waals surface area contributed by atoms with Gasteiger partial charge in [-0.15, -0.1) is 0 Å². The van der Waals surface area contributed by atoms with Crippen molar-refractivity contribution in [3.63, 3.8) is 0 Å². The third-order valence-corrected chi connectivity index (χ3v) is 9.12. The first kappa shape index (κ1) is 33.1. The lowest BCUT2D eigenvalue weighted by atomic mass is 10.1. The van der Waals surface area contributed by atoms with E-state index >= 15 is 0 Å². The largest absolute Gasteiger partial charge is 0.493 e. The van der Waals surface area contributed by atoms with Crippen LogP contribution in [0.5, 0.6) is 5.75 Å². The number of pyridine rings is 1. The number of nitrogens with one attached hydrogen (secondary N) is 3. The predicted octanol–water partition coefficient (Wildman–Crippen LogP) is 6.41. The summed E-state index contributed by atoms with van der Waals surface area (Å²) < 4.78 is 74.2. The topological polar surface area (TPSA) is 154 Å². The molecule has 4 aromatic rings. The van der Waals surface area contributed by atoms with Gasteiger partial charge >= 0.3 is 13.8 Å². The third kappa shape index (κ3) is 7.25. The number of aryl methyl sites for hydroxylation is 1. The van der Waals surface area contributed by atoms with Gasteiger partial charge in [0.15, 0.2) is 11.4 Å². The number of nitrogens with zero attached hydrogens (tertiary/aromatic N) is 5. The number of halogens is 4. The van der Waals surface area contributed by atoms with Gasteiger partial charge in [-0.05, 0) is 37.1 Å². The van der Waals surface area contributed by atoms with Crippen molar-refractivity contribution >= 4 is 48.2 Å². The fourth-order valence-corrected chi connectivity index (χ4v) is 6.74. The van der Waals surface area contributed by atoms with Crippen LogP contribution in [-0.4, -0.2) is 58.0 Å². The fourth-order valence-electron chi connectivity index (χ4n) is 4.60. The van der Waals surface area contributed by atoms with E-state index in [1.807, 2.05) is 0 Å². The minimum absolute atomic E-state index is 0.0337. The smallest absolute Gasteiger partial charge is 0.421 e. The van der Waals surface area contributed by atoms with E-state index in [0.717, 1.165) is 0 Å². The first-order valence-corrected chi connectivity index (χ1v) is 16.0. The molecule has 8 bridgehead atoms. The van der Waals surface area contributed by atoms with Gasteiger partial charge in [0.2, 0.25) is 5.95 Å². The number of carbonyl (C=O) groups excluding carboxylic acids is 1. The lowest BCUT2D eigenvalue weighted by molar-refractivity contribution is -0.137. The average Bonchev–Trinajstić information content (AvgIpc) is 3.49. The summed E-state index contributed by atoms with van der Waals surface area (Å²) in [6.45, 7) is 2.29. The van der Waals surface area contributed by atoms with E-state index in [-0.39, 0.29) is 53.2 Å². The molecule has 7 heterocycles.